The number of rotatable bonds is 2. The normalized spacial score (nSPS) is 43.9. The Morgan fingerprint density at radius 1 is 1.17 bits per heavy atom. The third kappa shape index (κ3) is 1.80. The van der Waals surface area contributed by atoms with Gasteiger partial charge in [0.2, 0.25) is 0 Å². The molecule has 0 radical (unpaired) electrons. The molecule has 3 rings (SSSR count). The molecule has 0 spiro atoms. The minimum absolute atomic E-state index is 0.0846. The van der Waals surface area contributed by atoms with Gasteiger partial charge in [-0.1, -0.05) is 13.8 Å². The van der Waals surface area contributed by atoms with Gasteiger partial charge in [0.05, 0.1) is 11.1 Å². The van der Waals surface area contributed by atoms with Gasteiger partial charge in [-0.25, -0.2) is 0 Å². The maximum absolute atomic E-state index is 5.97. The highest BCUT2D eigenvalue weighted by atomic mass is 16.5. The topological polar surface area (TPSA) is 27.1 Å². The van der Waals surface area contributed by atoms with Gasteiger partial charge >= 0.3 is 0 Å². The van der Waals surface area contributed by atoms with E-state index in [1.807, 2.05) is 19.4 Å². The lowest BCUT2D eigenvalue weighted by molar-refractivity contribution is -0.138. The lowest BCUT2D eigenvalue weighted by atomic mass is 9.58. The van der Waals surface area contributed by atoms with Gasteiger partial charge in [0.25, 0.3) is 0 Å². The van der Waals surface area contributed by atoms with Crippen LogP contribution in [0.2, 0.25) is 0 Å². The van der Waals surface area contributed by atoms with E-state index in [2.05, 4.69) is 29.8 Å². The molecule has 3 heteroatoms. The van der Waals surface area contributed by atoms with Crippen LogP contribution in [0.4, 0.5) is 0 Å². The molecule has 1 heterocycles. The first-order valence-corrected chi connectivity index (χ1v) is 7.13. The molecule has 3 nitrogen and oxygen atoms in total. The Morgan fingerprint density at radius 3 is 2.33 bits per heavy atom. The molecular weight excluding hydrogens is 224 g/mol. The lowest BCUT2D eigenvalue weighted by Crippen LogP contribution is -2.56. The second kappa shape index (κ2) is 4.09. The summed E-state index contributed by atoms with van der Waals surface area (Å²) in [7, 11) is 1.89. The van der Waals surface area contributed by atoms with Crippen molar-refractivity contribution in [3.63, 3.8) is 0 Å². The van der Waals surface area contributed by atoms with Crippen molar-refractivity contribution in [1.29, 1.82) is 0 Å². The summed E-state index contributed by atoms with van der Waals surface area (Å²) < 4.78 is 8.19. The molecular formula is C15H24N2O. The summed E-state index contributed by atoms with van der Waals surface area (Å²) in [5.74, 6) is 1.44. The molecule has 0 N–H and O–H groups in total. The van der Waals surface area contributed by atoms with Crippen molar-refractivity contribution >= 4 is 0 Å². The molecule has 2 fully saturated rings. The van der Waals surface area contributed by atoms with Crippen LogP contribution < -0.4 is 0 Å². The maximum Gasteiger partial charge on any atom is 0.0707 e. The van der Waals surface area contributed by atoms with Crippen molar-refractivity contribution in [1.82, 2.24) is 9.78 Å². The van der Waals surface area contributed by atoms with Crippen LogP contribution >= 0.6 is 0 Å². The Morgan fingerprint density at radius 2 is 1.83 bits per heavy atom. The molecule has 2 aliphatic rings. The van der Waals surface area contributed by atoms with Crippen LogP contribution in [0, 0.1) is 11.8 Å². The third-order valence-electron chi connectivity index (χ3n) is 4.97. The van der Waals surface area contributed by atoms with E-state index in [1.165, 1.54) is 25.7 Å². The van der Waals surface area contributed by atoms with Crippen LogP contribution in [0.15, 0.2) is 18.5 Å². The number of ether oxygens (including phenoxy) is 1. The number of nitrogens with zero attached hydrogens (tertiary/aromatic N) is 2. The highest BCUT2D eigenvalue weighted by Gasteiger charge is 2.53. The molecule has 0 saturated heterocycles. The molecule has 2 unspecified atom stereocenters. The van der Waals surface area contributed by atoms with E-state index in [0.717, 1.165) is 18.3 Å². The molecule has 18 heavy (non-hydrogen) atoms. The van der Waals surface area contributed by atoms with Crippen LogP contribution in [0.1, 0.15) is 46.0 Å². The summed E-state index contributed by atoms with van der Waals surface area (Å²) in [5.41, 5.74) is 0.274. The predicted molar refractivity (Wildman–Crippen MR) is 71.4 cm³/mol. The van der Waals surface area contributed by atoms with Crippen molar-refractivity contribution in [2.45, 2.75) is 57.1 Å². The van der Waals surface area contributed by atoms with E-state index < -0.39 is 0 Å². The second-order valence-corrected chi connectivity index (χ2v) is 6.77. The molecule has 1 aromatic rings. The van der Waals surface area contributed by atoms with Gasteiger partial charge in [0, 0.05) is 25.9 Å². The van der Waals surface area contributed by atoms with Crippen LogP contribution in [0.3, 0.4) is 0 Å². The van der Waals surface area contributed by atoms with E-state index in [9.17, 15) is 0 Å². The standard InChI is InChI=1S/C15H24N2O/c1-12-7-14(17-6-4-5-16-17)8-13(2)10-15(9-12,11-14)18-3/h4-6,12-13H,7-11H2,1-3H3. The molecule has 2 bridgehead atoms. The van der Waals surface area contributed by atoms with Crippen molar-refractivity contribution in [3.8, 4) is 0 Å². The van der Waals surface area contributed by atoms with Crippen LogP contribution in [-0.2, 0) is 10.3 Å². The zero-order chi connectivity index (χ0) is 12.8. The number of hydrogen-bond donors (Lipinski definition) is 0. The van der Waals surface area contributed by atoms with Gasteiger partial charge in [-0.15, -0.1) is 0 Å². The maximum atomic E-state index is 5.97. The first-order valence-electron chi connectivity index (χ1n) is 7.13. The fourth-order valence-electron chi connectivity index (χ4n) is 4.82. The molecule has 2 atom stereocenters. The highest BCUT2D eigenvalue weighted by molar-refractivity contribution is 5.07. The number of fused-ring (bicyclic) bond motifs is 2. The van der Waals surface area contributed by atoms with Gasteiger partial charge in [0.15, 0.2) is 0 Å². The molecule has 0 amide bonds. The van der Waals surface area contributed by atoms with Gasteiger partial charge in [-0.05, 0) is 43.6 Å². The monoisotopic (exact) mass is 248 g/mol. The molecule has 0 aliphatic heterocycles. The molecule has 2 aliphatic carbocycles. The van der Waals surface area contributed by atoms with E-state index in [-0.39, 0.29) is 11.1 Å². The van der Waals surface area contributed by atoms with E-state index in [1.54, 1.807) is 0 Å². The fourth-order valence-corrected chi connectivity index (χ4v) is 4.82. The van der Waals surface area contributed by atoms with E-state index in [0.29, 0.717) is 0 Å². The summed E-state index contributed by atoms with van der Waals surface area (Å²) in [6, 6.07) is 2.04. The largest absolute Gasteiger partial charge is 0.378 e. The zero-order valence-corrected chi connectivity index (χ0v) is 11.7. The molecule has 0 aromatic carbocycles. The molecule has 1 aromatic heterocycles. The van der Waals surface area contributed by atoms with E-state index >= 15 is 0 Å². The first-order chi connectivity index (χ1) is 8.57. The zero-order valence-electron chi connectivity index (χ0n) is 11.7. The average molecular weight is 248 g/mol. The van der Waals surface area contributed by atoms with E-state index in [4.69, 9.17) is 4.74 Å². The summed E-state index contributed by atoms with van der Waals surface area (Å²) in [6.07, 6.45) is 10.1. The first kappa shape index (κ1) is 12.2. The van der Waals surface area contributed by atoms with Crippen LogP contribution in [0.5, 0.6) is 0 Å². The Balaban J connectivity index is 2.02. The SMILES string of the molecule is COC12CC(C)CC(n3cccn3)(CC(C)C1)C2. The van der Waals surface area contributed by atoms with Crippen molar-refractivity contribution in [3.05, 3.63) is 18.5 Å². The van der Waals surface area contributed by atoms with Crippen LogP contribution in [-0.4, -0.2) is 22.5 Å². The quantitative estimate of drug-likeness (QED) is 0.803. The predicted octanol–water partition coefficient (Wildman–Crippen LogP) is 3.21. The molecule has 100 valence electrons. The summed E-state index contributed by atoms with van der Waals surface area (Å²) in [6.45, 7) is 4.72. The van der Waals surface area contributed by atoms with Gasteiger partial charge in [-0.3, -0.25) is 4.68 Å². The Bertz CT molecular complexity index is 398. The van der Waals surface area contributed by atoms with Gasteiger partial charge in [-0.2, -0.15) is 5.10 Å². The molecule has 2 saturated carbocycles. The minimum Gasteiger partial charge on any atom is -0.378 e. The average Bonchev–Trinajstić information content (AvgIpc) is 2.80. The number of methoxy groups -OCH3 is 1. The van der Waals surface area contributed by atoms with Crippen molar-refractivity contribution in [2.75, 3.05) is 7.11 Å². The van der Waals surface area contributed by atoms with Crippen molar-refractivity contribution in [2.24, 2.45) is 11.8 Å². The van der Waals surface area contributed by atoms with Gasteiger partial charge in [0.1, 0.15) is 0 Å². The Hall–Kier alpha value is -0.830. The van der Waals surface area contributed by atoms with Crippen molar-refractivity contribution < 1.29 is 4.74 Å². The minimum atomic E-state index is 0.0846. The number of hydrogen-bond acceptors (Lipinski definition) is 2. The lowest BCUT2D eigenvalue weighted by Gasteiger charge is -2.55. The fraction of sp³-hybridized carbons (Fsp3) is 0.800. The van der Waals surface area contributed by atoms with Gasteiger partial charge < -0.3 is 4.74 Å². The smallest absolute Gasteiger partial charge is 0.0707 e. The van der Waals surface area contributed by atoms with Crippen LogP contribution in [0.25, 0.3) is 0 Å². The summed E-state index contributed by atoms with van der Waals surface area (Å²) in [5, 5.41) is 4.55. The number of aromatic nitrogens is 2. The Kier molecular flexibility index (Phi) is 2.77. The summed E-state index contributed by atoms with van der Waals surface area (Å²) >= 11 is 0. The highest BCUT2D eigenvalue weighted by Crippen LogP contribution is 2.54. The summed E-state index contributed by atoms with van der Waals surface area (Å²) in [4.78, 5) is 0. The Labute approximate surface area is 110 Å². The third-order valence-corrected chi connectivity index (χ3v) is 4.97. The second-order valence-electron chi connectivity index (χ2n) is 6.77.